The van der Waals surface area contributed by atoms with Crippen LogP contribution in [0, 0.1) is 0 Å². The molecule has 3 heterocycles. The van der Waals surface area contributed by atoms with E-state index in [1.807, 2.05) is 64.2 Å². The number of aromatic nitrogens is 2. The van der Waals surface area contributed by atoms with Crippen LogP contribution in [0.3, 0.4) is 0 Å². The molecule has 0 radical (unpaired) electrons. The molecule has 0 aliphatic carbocycles. The van der Waals surface area contributed by atoms with Gasteiger partial charge in [-0.3, -0.25) is 4.79 Å². The Morgan fingerprint density at radius 3 is 2.83 bits per heavy atom. The molecular formula is C19H19N3O2. The first-order valence-electron chi connectivity index (χ1n) is 8.24. The van der Waals surface area contributed by atoms with Gasteiger partial charge in [0.25, 0.3) is 5.91 Å². The number of carbonyl (C=O) groups excluding carboxylic acids is 1. The van der Waals surface area contributed by atoms with Gasteiger partial charge >= 0.3 is 0 Å². The van der Waals surface area contributed by atoms with Crippen LogP contribution in [0.4, 0.5) is 0 Å². The van der Waals surface area contributed by atoms with E-state index >= 15 is 0 Å². The van der Waals surface area contributed by atoms with Crippen molar-refractivity contribution < 1.29 is 9.53 Å². The summed E-state index contributed by atoms with van der Waals surface area (Å²) in [4.78, 5) is 18.9. The van der Waals surface area contributed by atoms with Crippen LogP contribution in [-0.4, -0.2) is 33.3 Å². The molecule has 24 heavy (non-hydrogen) atoms. The first-order valence-corrected chi connectivity index (χ1v) is 8.24. The van der Waals surface area contributed by atoms with Crippen LogP contribution < -0.4 is 4.74 Å². The molecule has 122 valence electrons. The number of hydrogen-bond donors (Lipinski definition) is 0. The molecular weight excluding hydrogens is 302 g/mol. The van der Waals surface area contributed by atoms with Crippen molar-refractivity contribution in [3.8, 4) is 5.75 Å². The number of benzene rings is 1. The minimum Gasteiger partial charge on any atom is -0.487 e. The van der Waals surface area contributed by atoms with Gasteiger partial charge in [-0.15, -0.1) is 0 Å². The molecule has 0 saturated carbocycles. The van der Waals surface area contributed by atoms with Gasteiger partial charge in [0, 0.05) is 31.0 Å². The molecule has 1 fully saturated rings. The maximum Gasteiger partial charge on any atom is 0.253 e. The number of nitrogens with zero attached hydrogens (tertiary/aromatic N) is 3. The highest BCUT2D eigenvalue weighted by atomic mass is 16.5. The molecule has 0 unspecified atom stereocenters. The second kappa shape index (κ2) is 6.35. The standard InChI is InChI=1S/C19H19N3O2/c23-19(21-9-3-4-10-21)15-6-5-7-17(12-15)24-14-16-13-22-11-2-1-8-18(22)20-16/h1-2,5-8,11-13H,3-4,9-10,14H2. The molecule has 1 saturated heterocycles. The van der Waals surface area contributed by atoms with Crippen LogP contribution in [0.1, 0.15) is 28.9 Å². The van der Waals surface area contributed by atoms with Gasteiger partial charge in [-0.05, 0) is 43.2 Å². The number of pyridine rings is 1. The van der Waals surface area contributed by atoms with Crippen molar-refractivity contribution in [2.75, 3.05) is 13.1 Å². The van der Waals surface area contributed by atoms with Crippen molar-refractivity contribution in [3.63, 3.8) is 0 Å². The smallest absolute Gasteiger partial charge is 0.253 e. The van der Waals surface area contributed by atoms with Crippen molar-refractivity contribution >= 4 is 11.6 Å². The van der Waals surface area contributed by atoms with Crippen LogP contribution in [0.2, 0.25) is 0 Å². The number of likely N-dealkylation sites (tertiary alicyclic amines) is 1. The molecule has 0 bridgehead atoms. The predicted molar refractivity (Wildman–Crippen MR) is 91.1 cm³/mol. The second-order valence-electron chi connectivity index (χ2n) is 6.01. The molecule has 3 aromatic rings. The predicted octanol–water partition coefficient (Wildman–Crippen LogP) is 3.15. The SMILES string of the molecule is O=C(c1cccc(OCc2cn3ccccc3n2)c1)N1CCCC1. The summed E-state index contributed by atoms with van der Waals surface area (Å²) >= 11 is 0. The van der Waals surface area contributed by atoms with Crippen molar-refractivity contribution in [2.24, 2.45) is 0 Å². The average Bonchev–Trinajstić information content (AvgIpc) is 3.28. The Kier molecular flexibility index (Phi) is 3.91. The summed E-state index contributed by atoms with van der Waals surface area (Å²) in [7, 11) is 0. The van der Waals surface area contributed by atoms with Crippen LogP contribution in [-0.2, 0) is 6.61 Å². The van der Waals surface area contributed by atoms with E-state index in [1.54, 1.807) is 0 Å². The van der Waals surface area contributed by atoms with Crippen molar-refractivity contribution in [1.82, 2.24) is 14.3 Å². The zero-order chi connectivity index (χ0) is 16.4. The number of ether oxygens (including phenoxy) is 1. The Morgan fingerprint density at radius 1 is 1.12 bits per heavy atom. The maximum absolute atomic E-state index is 12.4. The lowest BCUT2D eigenvalue weighted by molar-refractivity contribution is 0.0792. The number of imidazole rings is 1. The van der Waals surface area contributed by atoms with E-state index in [0.29, 0.717) is 17.9 Å². The van der Waals surface area contributed by atoms with Gasteiger partial charge in [-0.2, -0.15) is 0 Å². The summed E-state index contributed by atoms with van der Waals surface area (Å²) in [5.74, 6) is 0.780. The molecule has 1 aliphatic heterocycles. The lowest BCUT2D eigenvalue weighted by atomic mass is 10.2. The zero-order valence-electron chi connectivity index (χ0n) is 13.4. The summed E-state index contributed by atoms with van der Waals surface area (Å²) in [6.45, 7) is 2.08. The fourth-order valence-electron chi connectivity index (χ4n) is 3.04. The van der Waals surface area contributed by atoms with Gasteiger partial charge in [0.15, 0.2) is 0 Å². The summed E-state index contributed by atoms with van der Waals surface area (Å²) in [6, 6.07) is 13.3. The van der Waals surface area contributed by atoms with Gasteiger partial charge in [-0.25, -0.2) is 4.98 Å². The number of amides is 1. The molecule has 0 atom stereocenters. The molecule has 4 rings (SSSR count). The van der Waals surface area contributed by atoms with Crippen LogP contribution in [0.25, 0.3) is 5.65 Å². The lowest BCUT2D eigenvalue weighted by Gasteiger charge is -2.15. The topological polar surface area (TPSA) is 46.8 Å². The van der Waals surface area contributed by atoms with E-state index in [1.165, 1.54) is 0 Å². The number of rotatable bonds is 4. The molecule has 0 N–H and O–H groups in total. The fraction of sp³-hybridized carbons (Fsp3) is 0.263. The number of carbonyl (C=O) groups is 1. The van der Waals surface area contributed by atoms with Gasteiger partial charge in [0.05, 0.1) is 5.69 Å². The Morgan fingerprint density at radius 2 is 2.00 bits per heavy atom. The molecule has 1 aromatic carbocycles. The third-order valence-corrected chi connectivity index (χ3v) is 4.27. The Bertz CT molecular complexity index is 833. The van der Waals surface area contributed by atoms with Crippen molar-refractivity contribution in [2.45, 2.75) is 19.4 Å². The second-order valence-corrected chi connectivity index (χ2v) is 6.01. The van der Waals surface area contributed by atoms with Crippen LogP contribution in [0.5, 0.6) is 5.75 Å². The van der Waals surface area contributed by atoms with Gasteiger partial charge in [0.1, 0.15) is 18.0 Å². The third-order valence-electron chi connectivity index (χ3n) is 4.27. The van der Waals surface area contributed by atoms with Crippen LogP contribution in [0.15, 0.2) is 54.9 Å². The summed E-state index contributed by atoms with van der Waals surface area (Å²) in [6.07, 6.45) is 6.10. The monoisotopic (exact) mass is 321 g/mol. The Labute approximate surface area is 140 Å². The molecule has 5 heteroatoms. The van der Waals surface area contributed by atoms with Crippen molar-refractivity contribution in [1.29, 1.82) is 0 Å². The number of hydrogen-bond acceptors (Lipinski definition) is 3. The minimum absolute atomic E-state index is 0.0886. The normalized spacial score (nSPS) is 14.2. The van der Waals surface area contributed by atoms with E-state index in [4.69, 9.17) is 4.74 Å². The summed E-state index contributed by atoms with van der Waals surface area (Å²) in [5.41, 5.74) is 2.44. The summed E-state index contributed by atoms with van der Waals surface area (Å²) < 4.78 is 7.79. The van der Waals surface area contributed by atoms with Crippen LogP contribution >= 0.6 is 0 Å². The quantitative estimate of drug-likeness (QED) is 0.741. The largest absolute Gasteiger partial charge is 0.487 e. The maximum atomic E-state index is 12.4. The van der Waals surface area contributed by atoms with E-state index in [2.05, 4.69) is 4.98 Å². The fourth-order valence-corrected chi connectivity index (χ4v) is 3.04. The third kappa shape index (κ3) is 2.97. The van der Waals surface area contributed by atoms with Gasteiger partial charge in [0.2, 0.25) is 0 Å². The molecule has 1 amide bonds. The van der Waals surface area contributed by atoms with E-state index in [9.17, 15) is 4.79 Å². The Hall–Kier alpha value is -2.82. The Balaban J connectivity index is 1.46. The lowest BCUT2D eigenvalue weighted by Crippen LogP contribution is -2.27. The van der Waals surface area contributed by atoms with Gasteiger partial charge < -0.3 is 14.0 Å². The number of fused-ring (bicyclic) bond motifs is 1. The highest BCUT2D eigenvalue weighted by Gasteiger charge is 2.19. The highest BCUT2D eigenvalue weighted by Crippen LogP contribution is 2.19. The molecule has 5 nitrogen and oxygen atoms in total. The average molecular weight is 321 g/mol. The van der Waals surface area contributed by atoms with Gasteiger partial charge in [-0.1, -0.05) is 12.1 Å². The molecule has 0 spiro atoms. The first-order chi connectivity index (χ1) is 11.8. The van der Waals surface area contributed by atoms with E-state index < -0.39 is 0 Å². The van der Waals surface area contributed by atoms with E-state index in [0.717, 1.165) is 37.3 Å². The molecule has 1 aliphatic rings. The molecule has 2 aromatic heterocycles. The van der Waals surface area contributed by atoms with E-state index in [-0.39, 0.29) is 5.91 Å². The first kappa shape index (κ1) is 14.8. The highest BCUT2D eigenvalue weighted by molar-refractivity contribution is 5.94. The van der Waals surface area contributed by atoms with Crippen molar-refractivity contribution in [3.05, 3.63) is 66.1 Å². The minimum atomic E-state index is 0.0886. The summed E-state index contributed by atoms with van der Waals surface area (Å²) in [5, 5.41) is 0. The zero-order valence-corrected chi connectivity index (χ0v) is 13.4.